The minimum atomic E-state index is -1.08. The van der Waals surface area contributed by atoms with Gasteiger partial charge < -0.3 is 27.0 Å². The molecule has 0 amide bonds. The SMILES string of the molecule is NC(CCCNc1nc2c(ccc[n+]2CC(N)C(=O)O)[nH]1)C(=O)O. The molecule has 0 aliphatic heterocycles. The standard InChI is InChI=1S/C14H20N6O4/c15-8(12(21)22)3-1-5-17-14-18-10-4-2-6-20(11(10)19-14)7-9(16)13(23)24/h2,4,6,8-9H,1,3,5,7,15-16H2,(H3,17,18,21,22,23,24)/p+1. The van der Waals surface area contributed by atoms with Gasteiger partial charge in [0.25, 0.3) is 0 Å². The summed E-state index contributed by atoms with van der Waals surface area (Å²) in [5.74, 6) is -1.59. The van der Waals surface area contributed by atoms with Crippen molar-refractivity contribution in [2.24, 2.45) is 11.5 Å². The highest BCUT2D eigenvalue weighted by Gasteiger charge is 2.20. The van der Waals surface area contributed by atoms with Crippen LogP contribution in [0.25, 0.3) is 11.2 Å². The molecule has 2 aromatic rings. The fourth-order valence-electron chi connectivity index (χ4n) is 2.20. The van der Waals surface area contributed by atoms with Gasteiger partial charge in [-0.05, 0) is 30.0 Å². The van der Waals surface area contributed by atoms with E-state index in [1.807, 2.05) is 6.07 Å². The van der Waals surface area contributed by atoms with Gasteiger partial charge in [0.1, 0.15) is 24.1 Å². The summed E-state index contributed by atoms with van der Waals surface area (Å²) in [6.07, 6.45) is 2.64. The summed E-state index contributed by atoms with van der Waals surface area (Å²) < 4.78 is 1.66. The first-order chi connectivity index (χ1) is 11.4. The van der Waals surface area contributed by atoms with E-state index in [0.29, 0.717) is 31.0 Å². The third-order valence-corrected chi connectivity index (χ3v) is 3.52. The summed E-state index contributed by atoms with van der Waals surface area (Å²) in [6.45, 7) is 0.611. The van der Waals surface area contributed by atoms with Gasteiger partial charge in [0.2, 0.25) is 0 Å². The number of anilines is 1. The second-order valence-electron chi connectivity index (χ2n) is 5.44. The topological polar surface area (TPSA) is 171 Å². The molecule has 0 saturated heterocycles. The van der Waals surface area contributed by atoms with Gasteiger partial charge in [0, 0.05) is 6.54 Å². The van der Waals surface area contributed by atoms with Crippen LogP contribution in [0.2, 0.25) is 0 Å². The van der Waals surface area contributed by atoms with Crippen LogP contribution in [0.5, 0.6) is 0 Å². The number of nitrogens with one attached hydrogen (secondary N) is 2. The van der Waals surface area contributed by atoms with Crippen molar-refractivity contribution in [3.8, 4) is 0 Å². The van der Waals surface area contributed by atoms with E-state index >= 15 is 0 Å². The van der Waals surface area contributed by atoms with Crippen molar-refractivity contribution < 1.29 is 24.4 Å². The summed E-state index contributed by atoms with van der Waals surface area (Å²) in [4.78, 5) is 29.0. The van der Waals surface area contributed by atoms with Crippen molar-refractivity contribution in [1.29, 1.82) is 0 Å². The Kier molecular flexibility index (Phi) is 5.66. The number of carboxylic acid groups (broad SMARTS) is 2. The molecule has 2 unspecified atom stereocenters. The molecule has 0 aromatic carbocycles. The van der Waals surface area contributed by atoms with Crippen LogP contribution < -0.4 is 21.4 Å². The van der Waals surface area contributed by atoms with Crippen LogP contribution in [-0.4, -0.2) is 50.7 Å². The van der Waals surface area contributed by atoms with Gasteiger partial charge in [-0.2, -0.15) is 0 Å². The van der Waals surface area contributed by atoms with Gasteiger partial charge in [-0.3, -0.25) is 14.6 Å². The van der Waals surface area contributed by atoms with E-state index in [0.717, 1.165) is 5.52 Å². The minimum absolute atomic E-state index is 0.102. The van der Waals surface area contributed by atoms with Crippen LogP contribution >= 0.6 is 0 Å². The number of rotatable bonds is 9. The minimum Gasteiger partial charge on any atom is -0.480 e. The van der Waals surface area contributed by atoms with E-state index in [-0.39, 0.29) is 6.54 Å². The Morgan fingerprint density at radius 1 is 1.29 bits per heavy atom. The van der Waals surface area contributed by atoms with Gasteiger partial charge in [-0.15, -0.1) is 0 Å². The first kappa shape index (κ1) is 17.6. The fraction of sp³-hybridized carbons (Fsp3) is 0.429. The molecule has 2 rings (SSSR count). The molecule has 0 bridgehead atoms. The van der Waals surface area contributed by atoms with E-state index in [4.69, 9.17) is 21.7 Å². The quantitative estimate of drug-likeness (QED) is 0.246. The van der Waals surface area contributed by atoms with E-state index in [1.54, 1.807) is 16.8 Å². The number of carboxylic acids is 2. The summed E-state index contributed by atoms with van der Waals surface area (Å²) in [5.41, 5.74) is 12.3. The van der Waals surface area contributed by atoms with Crippen molar-refractivity contribution in [1.82, 2.24) is 9.97 Å². The van der Waals surface area contributed by atoms with Crippen LogP contribution in [0.1, 0.15) is 12.8 Å². The van der Waals surface area contributed by atoms with Gasteiger partial charge >= 0.3 is 23.5 Å². The maximum absolute atomic E-state index is 10.9. The lowest BCUT2D eigenvalue weighted by molar-refractivity contribution is -0.673. The number of pyridine rings is 1. The smallest absolute Gasteiger partial charge is 0.351 e. The fourth-order valence-corrected chi connectivity index (χ4v) is 2.20. The Morgan fingerprint density at radius 2 is 2.00 bits per heavy atom. The molecule has 24 heavy (non-hydrogen) atoms. The third-order valence-electron chi connectivity index (χ3n) is 3.52. The zero-order valence-corrected chi connectivity index (χ0v) is 13.0. The molecule has 2 aromatic heterocycles. The molecule has 0 aliphatic rings. The van der Waals surface area contributed by atoms with E-state index < -0.39 is 24.0 Å². The number of aromatic amines is 1. The molecule has 2 heterocycles. The van der Waals surface area contributed by atoms with Crippen molar-refractivity contribution in [3.63, 3.8) is 0 Å². The Labute approximate surface area is 137 Å². The molecule has 0 spiro atoms. The van der Waals surface area contributed by atoms with Crippen LogP contribution in [0.4, 0.5) is 5.95 Å². The second-order valence-corrected chi connectivity index (χ2v) is 5.44. The molecule has 10 nitrogen and oxygen atoms in total. The molecule has 0 radical (unpaired) electrons. The highest BCUT2D eigenvalue weighted by Crippen LogP contribution is 2.10. The molecular weight excluding hydrogens is 316 g/mol. The van der Waals surface area contributed by atoms with Crippen LogP contribution in [0, 0.1) is 0 Å². The Balaban J connectivity index is 2.00. The number of carbonyl (C=O) groups is 2. The molecule has 0 aliphatic carbocycles. The van der Waals surface area contributed by atoms with Gasteiger partial charge in [-0.25, -0.2) is 4.57 Å². The van der Waals surface area contributed by atoms with Gasteiger partial charge in [0.15, 0.2) is 0 Å². The third kappa shape index (κ3) is 4.40. The Bertz CT molecular complexity index is 731. The number of hydrogen-bond donors (Lipinski definition) is 6. The number of aromatic nitrogens is 3. The van der Waals surface area contributed by atoms with Crippen LogP contribution in [0.3, 0.4) is 0 Å². The largest absolute Gasteiger partial charge is 0.480 e. The zero-order chi connectivity index (χ0) is 17.7. The monoisotopic (exact) mass is 337 g/mol. The second kappa shape index (κ2) is 7.70. The Morgan fingerprint density at radius 3 is 2.67 bits per heavy atom. The molecule has 8 N–H and O–H groups in total. The molecule has 2 atom stereocenters. The predicted octanol–water partition coefficient (Wildman–Crippen LogP) is -1.13. The molecule has 10 heteroatoms. The average Bonchev–Trinajstić information content (AvgIpc) is 2.95. The maximum atomic E-state index is 10.9. The summed E-state index contributed by atoms with van der Waals surface area (Å²) >= 11 is 0. The highest BCUT2D eigenvalue weighted by atomic mass is 16.4. The Hall–Kier alpha value is -2.72. The van der Waals surface area contributed by atoms with Gasteiger partial charge in [0.05, 0.1) is 6.20 Å². The maximum Gasteiger partial charge on any atom is 0.351 e. The first-order valence-electron chi connectivity index (χ1n) is 7.47. The zero-order valence-electron chi connectivity index (χ0n) is 13.0. The number of imidazole rings is 1. The van der Waals surface area contributed by atoms with E-state index in [9.17, 15) is 9.59 Å². The van der Waals surface area contributed by atoms with Crippen molar-refractivity contribution in [3.05, 3.63) is 18.3 Å². The van der Waals surface area contributed by atoms with Crippen LogP contribution in [0.15, 0.2) is 18.3 Å². The normalized spacial score (nSPS) is 13.6. The summed E-state index contributed by atoms with van der Waals surface area (Å²) in [5, 5.41) is 20.7. The number of hydrogen-bond acceptors (Lipinski definition) is 6. The van der Waals surface area contributed by atoms with Crippen molar-refractivity contribution in [2.75, 3.05) is 11.9 Å². The lowest BCUT2D eigenvalue weighted by atomic mass is 10.2. The summed E-state index contributed by atoms with van der Waals surface area (Å²) in [7, 11) is 0. The first-order valence-corrected chi connectivity index (χ1v) is 7.47. The lowest BCUT2D eigenvalue weighted by Gasteiger charge is -2.05. The number of nitrogens with two attached hydrogens (primary N) is 2. The van der Waals surface area contributed by atoms with Crippen molar-refractivity contribution in [2.45, 2.75) is 31.5 Å². The number of nitrogens with zero attached hydrogens (tertiary/aromatic N) is 2. The number of aliphatic carboxylic acids is 2. The predicted molar refractivity (Wildman–Crippen MR) is 85.2 cm³/mol. The average molecular weight is 337 g/mol. The number of H-pyrrole nitrogens is 1. The molecule has 130 valence electrons. The lowest BCUT2D eigenvalue weighted by Crippen LogP contribution is -2.47. The van der Waals surface area contributed by atoms with E-state index in [1.165, 1.54) is 0 Å². The molecule has 0 saturated carbocycles. The highest BCUT2D eigenvalue weighted by molar-refractivity contribution is 5.73. The van der Waals surface area contributed by atoms with E-state index in [2.05, 4.69) is 15.3 Å². The number of fused-ring (bicyclic) bond motifs is 1. The van der Waals surface area contributed by atoms with Crippen molar-refractivity contribution >= 4 is 29.1 Å². The molecule has 0 fully saturated rings. The van der Waals surface area contributed by atoms with Gasteiger partial charge in [-0.1, -0.05) is 0 Å². The summed E-state index contributed by atoms with van der Waals surface area (Å²) in [6, 6.07) is 1.69. The van der Waals surface area contributed by atoms with Crippen LogP contribution in [-0.2, 0) is 16.1 Å². The molecular formula is C14H21N6O4+.